The molecule has 0 aliphatic carbocycles. The Morgan fingerprint density at radius 1 is 1.24 bits per heavy atom. The van der Waals surface area contributed by atoms with E-state index < -0.39 is 0 Å². The fraction of sp³-hybridized carbons (Fsp3) is 0.294. The van der Waals surface area contributed by atoms with Gasteiger partial charge in [-0.1, -0.05) is 43.7 Å². The summed E-state index contributed by atoms with van der Waals surface area (Å²) in [7, 11) is 0. The number of hydrogen-bond acceptors (Lipinski definition) is 3. The number of nitrogens with zero attached hydrogens (tertiary/aromatic N) is 2. The zero-order valence-corrected chi connectivity index (χ0v) is 13.1. The summed E-state index contributed by atoms with van der Waals surface area (Å²) in [5.74, 6) is 0. The summed E-state index contributed by atoms with van der Waals surface area (Å²) in [5.41, 5.74) is 2.28. The van der Waals surface area contributed by atoms with E-state index in [1.165, 1.54) is 0 Å². The van der Waals surface area contributed by atoms with Crippen molar-refractivity contribution in [3.05, 3.63) is 52.6 Å². The Hall–Kier alpha value is -1.94. The van der Waals surface area contributed by atoms with Crippen LogP contribution in [-0.2, 0) is 6.54 Å². The van der Waals surface area contributed by atoms with Crippen LogP contribution in [0.3, 0.4) is 0 Å². The summed E-state index contributed by atoms with van der Waals surface area (Å²) >= 11 is 1.60. The van der Waals surface area contributed by atoms with E-state index in [0.717, 1.165) is 45.6 Å². The number of fused-ring (bicyclic) bond motifs is 1. The van der Waals surface area contributed by atoms with Crippen molar-refractivity contribution >= 4 is 21.6 Å². The first kappa shape index (κ1) is 14.0. The van der Waals surface area contributed by atoms with Crippen molar-refractivity contribution in [1.29, 1.82) is 0 Å². The minimum absolute atomic E-state index is 0.0874. The zero-order valence-electron chi connectivity index (χ0n) is 12.3. The van der Waals surface area contributed by atoms with Crippen molar-refractivity contribution in [1.82, 2.24) is 9.55 Å². The molecule has 0 bridgehead atoms. The van der Waals surface area contributed by atoms with E-state index in [4.69, 9.17) is 0 Å². The molecule has 0 atom stereocenters. The predicted octanol–water partition coefficient (Wildman–Crippen LogP) is 4.23. The Morgan fingerprint density at radius 2 is 2.00 bits per heavy atom. The highest BCUT2D eigenvalue weighted by Gasteiger charge is 2.15. The fourth-order valence-electron chi connectivity index (χ4n) is 2.51. The van der Waals surface area contributed by atoms with Crippen molar-refractivity contribution in [2.24, 2.45) is 0 Å². The van der Waals surface area contributed by atoms with Crippen LogP contribution in [0.2, 0.25) is 0 Å². The third-order valence-electron chi connectivity index (χ3n) is 3.71. The van der Waals surface area contributed by atoms with E-state index in [9.17, 15) is 4.79 Å². The van der Waals surface area contributed by atoms with Crippen LogP contribution in [0.15, 0.2) is 41.5 Å². The molecular formula is C17H18N2OS. The van der Waals surface area contributed by atoms with Crippen LogP contribution in [0.1, 0.15) is 25.3 Å². The lowest BCUT2D eigenvalue weighted by molar-refractivity contribution is 0.609. The number of thiophene rings is 1. The molecule has 3 rings (SSSR count). The molecule has 0 unspecified atom stereocenters. The van der Waals surface area contributed by atoms with Gasteiger partial charge in [-0.05, 0) is 24.5 Å². The minimum atomic E-state index is 0.0874. The lowest BCUT2D eigenvalue weighted by Crippen LogP contribution is -2.20. The second-order valence-corrected chi connectivity index (χ2v) is 6.20. The maximum atomic E-state index is 12.6. The Balaban J connectivity index is 2.17. The summed E-state index contributed by atoms with van der Waals surface area (Å²) in [6, 6.07) is 10.2. The van der Waals surface area contributed by atoms with Gasteiger partial charge in [0.1, 0.15) is 4.83 Å². The topological polar surface area (TPSA) is 34.9 Å². The molecule has 0 radical (unpaired) electrons. The normalized spacial score (nSPS) is 11.1. The number of aryl methyl sites for hydroxylation is 2. The Morgan fingerprint density at radius 3 is 2.71 bits per heavy atom. The zero-order chi connectivity index (χ0) is 14.8. The smallest absolute Gasteiger partial charge is 0.262 e. The average molecular weight is 298 g/mol. The summed E-state index contributed by atoms with van der Waals surface area (Å²) in [5, 5.41) is 0.775. The second-order valence-electron chi connectivity index (χ2n) is 5.20. The van der Waals surface area contributed by atoms with Gasteiger partial charge in [0.15, 0.2) is 0 Å². The highest BCUT2D eigenvalue weighted by Crippen LogP contribution is 2.35. The predicted molar refractivity (Wildman–Crippen MR) is 89.0 cm³/mol. The molecule has 0 saturated heterocycles. The molecule has 0 aliphatic rings. The number of aromatic nitrogens is 2. The van der Waals surface area contributed by atoms with Crippen molar-refractivity contribution in [2.45, 2.75) is 33.2 Å². The van der Waals surface area contributed by atoms with Crippen LogP contribution >= 0.6 is 11.3 Å². The van der Waals surface area contributed by atoms with E-state index in [1.807, 2.05) is 25.1 Å². The molecule has 1 aromatic carbocycles. The van der Waals surface area contributed by atoms with Crippen LogP contribution in [0.25, 0.3) is 20.7 Å². The van der Waals surface area contributed by atoms with Gasteiger partial charge in [0, 0.05) is 11.4 Å². The van der Waals surface area contributed by atoms with Gasteiger partial charge < -0.3 is 0 Å². The minimum Gasteiger partial charge on any atom is -0.299 e. The SMILES string of the molecule is CCCCn1cnc2sc(-c3ccccc3)c(C)c2c1=O. The summed E-state index contributed by atoms with van der Waals surface area (Å²) in [6.45, 7) is 4.89. The van der Waals surface area contributed by atoms with Crippen LogP contribution < -0.4 is 5.56 Å². The lowest BCUT2D eigenvalue weighted by atomic mass is 10.1. The highest BCUT2D eigenvalue weighted by molar-refractivity contribution is 7.22. The molecule has 2 heterocycles. The largest absolute Gasteiger partial charge is 0.299 e. The average Bonchev–Trinajstić information content (AvgIpc) is 2.85. The summed E-state index contributed by atoms with van der Waals surface area (Å²) < 4.78 is 1.74. The molecule has 0 N–H and O–H groups in total. The molecule has 0 fully saturated rings. The van der Waals surface area contributed by atoms with E-state index in [-0.39, 0.29) is 5.56 Å². The quantitative estimate of drug-likeness (QED) is 0.722. The molecule has 0 amide bonds. The monoisotopic (exact) mass is 298 g/mol. The van der Waals surface area contributed by atoms with E-state index in [2.05, 4.69) is 24.0 Å². The van der Waals surface area contributed by atoms with E-state index in [1.54, 1.807) is 22.2 Å². The van der Waals surface area contributed by atoms with Gasteiger partial charge in [-0.25, -0.2) is 4.98 Å². The molecule has 0 saturated carbocycles. The van der Waals surface area contributed by atoms with Crippen molar-refractivity contribution < 1.29 is 0 Å². The van der Waals surface area contributed by atoms with Crippen molar-refractivity contribution in [3.8, 4) is 10.4 Å². The molecular weight excluding hydrogens is 280 g/mol. The molecule has 108 valence electrons. The maximum Gasteiger partial charge on any atom is 0.262 e. The highest BCUT2D eigenvalue weighted by atomic mass is 32.1. The van der Waals surface area contributed by atoms with Gasteiger partial charge in [-0.15, -0.1) is 11.3 Å². The van der Waals surface area contributed by atoms with Crippen molar-refractivity contribution in [2.75, 3.05) is 0 Å². The fourth-order valence-corrected chi connectivity index (χ4v) is 3.66. The van der Waals surface area contributed by atoms with Gasteiger partial charge in [-0.2, -0.15) is 0 Å². The first-order valence-corrected chi connectivity index (χ1v) is 8.08. The summed E-state index contributed by atoms with van der Waals surface area (Å²) in [6.07, 6.45) is 3.76. The van der Waals surface area contributed by atoms with Gasteiger partial charge in [0.2, 0.25) is 0 Å². The van der Waals surface area contributed by atoms with Gasteiger partial charge >= 0.3 is 0 Å². The van der Waals surface area contributed by atoms with Gasteiger partial charge in [0.25, 0.3) is 5.56 Å². The van der Waals surface area contributed by atoms with Gasteiger partial charge in [-0.3, -0.25) is 9.36 Å². The molecule has 21 heavy (non-hydrogen) atoms. The molecule has 3 nitrogen and oxygen atoms in total. The Labute approximate surface area is 127 Å². The summed E-state index contributed by atoms with van der Waals surface area (Å²) in [4.78, 5) is 19.1. The number of hydrogen-bond donors (Lipinski definition) is 0. The van der Waals surface area contributed by atoms with E-state index in [0.29, 0.717) is 0 Å². The van der Waals surface area contributed by atoms with Gasteiger partial charge in [0.05, 0.1) is 11.7 Å². The third kappa shape index (κ3) is 2.51. The van der Waals surface area contributed by atoms with Crippen LogP contribution in [-0.4, -0.2) is 9.55 Å². The maximum absolute atomic E-state index is 12.6. The van der Waals surface area contributed by atoms with Crippen LogP contribution in [0.4, 0.5) is 0 Å². The standard InChI is InChI=1S/C17H18N2OS/c1-3-4-10-19-11-18-16-14(17(19)20)12(2)15(21-16)13-8-6-5-7-9-13/h5-9,11H,3-4,10H2,1-2H3. The first-order chi connectivity index (χ1) is 10.2. The second kappa shape index (κ2) is 5.82. The van der Waals surface area contributed by atoms with Crippen LogP contribution in [0.5, 0.6) is 0 Å². The lowest BCUT2D eigenvalue weighted by Gasteiger charge is -2.03. The Kier molecular flexibility index (Phi) is 3.88. The van der Waals surface area contributed by atoms with Crippen LogP contribution in [0, 0.1) is 6.92 Å². The Bertz CT molecular complexity index is 818. The molecule has 4 heteroatoms. The molecule has 0 aliphatic heterocycles. The molecule has 0 spiro atoms. The molecule has 3 aromatic rings. The first-order valence-electron chi connectivity index (χ1n) is 7.26. The number of rotatable bonds is 4. The number of benzene rings is 1. The number of unbranched alkanes of at least 4 members (excludes halogenated alkanes) is 1. The van der Waals surface area contributed by atoms with E-state index >= 15 is 0 Å². The third-order valence-corrected chi connectivity index (χ3v) is 4.95. The van der Waals surface area contributed by atoms with Crippen molar-refractivity contribution in [3.63, 3.8) is 0 Å². The molecule has 2 aromatic heterocycles.